The van der Waals surface area contributed by atoms with Crippen LogP contribution in [0.4, 0.5) is 5.69 Å². The van der Waals surface area contributed by atoms with E-state index in [-0.39, 0.29) is 28.1 Å². The van der Waals surface area contributed by atoms with Crippen LogP contribution in [0.2, 0.25) is 0 Å². The minimum absolute atomic E-state index is 0.121. The van der Waals surface area contributed by atoms with Gasteiger partial charge in [-0.3, -0.25) is 4.79 Å². The van der Waals surface area contributed by atoms with Crippen LogP contribution in [0.5, 0.6) is 0 Å². The second-order valence-corrected chi connectivity index (χ2v) is 9.35. The van der Waals surface area contributed by atoms with Crippen LogP contribution in [0.25, 0.3) is 10.2 Å². The van der Waals surface area contributed by atoms with Crippen LogP contribution in [0.1, 0.15) is 68.2 Å². The highest BCUT2D eigenvalue weighted by Gasteiger charge is 2.24. The Morgan fingerprint density at radius 1 is 0.938 bits per heavy atom. The third-order valence-electron chi connectivity index (χ3n) is 4.88. The van der Waals surface area contributed by atoms with Crippen molar-refractivity contribution in [3.63, 3.8) is 0 Å². The molecule has 3 aromatic rings. The number of esters is 2. The third kappa shape index (κ3) is 4.47. The fourth-order valence-corrected chi connectivity index (χ4v) is 4.38. The first-order valence-corrected chi connectivity index (χ1v) is 10.7. The average Bonchev–Trinajstić information content (AvgIpc) is 3.08. The van der Waals surface area contributed by atoms with Gasteiger partial charge in [-0.2, -0.15) is 0 Å². The van der Waals surface area contributed by atoms with Gasteiger partial charge in [-0.15, -0.1) is 11.3 Å². The number of nitrogens with one attached hydrogen (secondary N) is 1. The fraction of sp³-hybridized carbons (Fsp3) is 0.348. The lowest BCUT2D eigenvalue weighted by Crippen LogP contribution is -2.16. The smallest absolute Gasteiger partial charge is 0.337 e. The summed E-state index contributed by atoms with van der Waals surface area (Å²) >= 11 is 1.28. The molecule has 0 aliphatic rings. The summed E-state index contributed by atoms with van der Waals surface area (Å²) in [5.41, 5.74) is 1.88. The molecule has 0 unspecified atom stereocenters. The van der Waals surface area contributed by atoms with Gasteiger partial charge in [0.2, 0.25) is 0 Å². The van der Waals surface area contributed by atoms with Crippen molar-refractivity contribution in [1.29, 1.82) is 0 Å². The van der Waals surface area contributed by atoms with E-state index in [9.17, 15) is 14.4 Å². The number of aryl methyl sites for hydroxylation is 2. The Morgan fingerprint density at radius 2 is 1.50 bits per heavy atom. The van der Waals surface area contributed by atoms with E-state index in [1.807, 2.05) is 34.6 Å². The van der Waals surface area contributed by atoms with Gasteiger partial charge in [0.15, 0.2) is 0 Å². The molecule has 32 heavy (non-hydrogen) atoms. The molecule has 0 bridgehead atoms. The predicted molar refractivity (Wildman–Crippen MR) is 123 cm³/mol. The molecule has 8 nitrogen and oxygen atoms in total. The zero-order valence-electron chi connectivity index (χ0n) is 19.1. The highest BCUT2D eigenvalue weighted by Crippen LogP contribution is 2.33. The molecular weight excluding hydrogens is 430 g/mol. The molecule has 1 amide bonds. The Hall–Kier alpha value is -3.33. The number of carbonyl (C=O) groups excluding carboxylic acids is 3. The van der Waals surface area contributed by atoms with E-state index in [0.717, 1.165) is 21.5 Å². The van der Waals surface area contributed by atoms with Gasteiger partial charge in [-0.25, -0.2) is 19.6 Å². The van der Waals surface area contributed by atoms with Crippen molar-refractivity contribution in [3.05, 3.63) is 51.3 Å². The summed E-state index contributed by atoms with van der Waals surface area (Å²) in [7, 11) is 2.47. The van der Waals surface area contributed by atoms with Crippen molar-refractivity contribution in [1.82, 2.24) is 9.97 Å². The number of hydrogen-bond acceptors (Lipinski definition) is 8. The Morgan fingerprint density at radius 3 is 2.00 bits per heavy atom. The highest BCUT2D eigenvalue weighted by atomic mass is 32.1. The summed E-state index contributed by atoms with van der Waals surface area (Å²) < 4.78 is 9.49. The maximum Gasteiger partial charge on any atom is 0.337 e. The number of nitrogens with zero attached hydrogens (tertiary/aromatic N) is 2. The van der Waals surface area contributed by atoms with E-state index in [1.165, 1.54) is 43.8 Å². The normalized spacial score (nSPS) is 11.3. The number of carbonyl (C=O) groups is 3. The van der Waals surface area contributed by atoms with Crippen molar-refractivity contribution in [3.8, 4) is 0 Å². The summed E-state index contributed by atoms with van der Waals surface area (Å²) in [6, 6.07) is 4.24. The number of benzene rings is 1. The zero-order chi connectivity index (χ0) is 23.8. The van der Waals surface area contributed by atoms with Gasteiger partial charge < -0.3 is 14.8 Å². The quantitative estimate of drug-likeness (QED) is 0.580. The Kier molecular flexibility index (Phi) is 6.32. The van der Waals surface area contributed by atoms with E-state index < -0.39 is 11.9 Å². The van der Waals surface area contributed by atoms with Crippen LogP contribution in [-0.2, 0) is 14.9 Å². The Labute approximate surface area is 190 Å². The van der Waals surface area contributed by atoms with E-state index >= 15 is 0 Å². The molecule has 1 aromatic carbocycles. The van der Waals surface area contributed by atoms with E-state index in [2.05, 4.69) is 15.3 Å². The first kappa shape index (κ1) is 23.3. The highest BCUT2D eigenvalue weighted by molar-refractivity contribution is 7.20. The third-order valence-corrected chi connectivity index (χ3v) is 6.07. The van der Waals surface area contributed by atoms with Gasteiger partial charge in [-0.1, -0.05) is 20.8 Å². The van der Waals surface area contributed by atoms with Crippen molar-refractivity contribution < 1.29 is 23.9 Å². The van der Waals surface area contributed by atoms with E-state index in [4.69, 9.17) is 9.47 Å². The molecule has 9 heteroatoms. The number of fused-ring (bicyclic) bond motifs is 1. The SMILES string of the molecule is COC(=O)c1cc(NC(=O)c2sc3nc(C(C)(C)C)nc(C)c3c2C)cc(C(=O)OC)c1. The predicted octanol–water partition coefficient (Wildman–Crippen LogP) is 4.43. The Balaban J connectivity index is 2.03. The molecule has 0 radical (unpaired) electrons. The second-order valence-electron chi connectivity index (χ2n) is 8.36. The minimum Gasteiger partial charge on any atom is -0.465 e. The molecule has 0 aliphatic carbocycles. The fourth-order valence-electron chi connectivity index (χ4n) is 3.25. The van der Waals surface area contributed by atoms with Crippen LogP contribution < -0.4 is 5.32 Å². The number of aromatic nitrogens is 2. The van der Waals surface area contributed by atoms with Gasteiger partial charge in [-0.05, 0) is 37.6 Å². The van der Waals surface area contributed by atoms with Crippen LogP contribution >= 0.6 is 11.3 Å². The molecule has 0 spiro atoms. The van der Waals surface area contributed by atoms with Crippen LogP contribution in [0, 0.1) is 13.8 Å². The zero-order valence-corrected chi connectivity index (χ0v) is 19.9. The lowest BCUT2D eigenvalue weighted by molar-refractivity contribution is 0.0599. The molecular formula is C23H25N3O5S. The minimum atomic E-state index is -0.634. The number of amides is 1. The van der Waals surface area contributed by atoms with Gasteiger partial charge in [0.25, 0.3) is 5.91 Å². The Bertz CT molecular complexity index is 1210. The molecule has 1 N–H and O–H groups in total. The molecule has 0 fully saturated rings. The topological polar surface area (TPSA) is 107 Å². The lowest BCUT2D eigenvalue weighted by Gasteiger charge is -2.16. The second kappa shape index (κ2) is 8.66. The van der Waals surface area contributed by atoms with E-state index in [1.54, 1.807) is 0 Å². The number of anilines is 1. The first-order valence-electron chi connectivity index (χ1n) is 9.87. The number of rotatable bonds is 4. The number of ether oxygens (including phenoxy) is 2. The first-order chi connectivity index (χ1) is 15.0. The number of hydrogen-bond donors (Lipinski definition) is 1. The average molecular weight is 456 g/mol. The summed E-state index contributed by atoms with van der Waals surface area (Å²) in [5, 5.41) is 3.62. The largest absolute Gasteiger partial charge is 0.465 e. The molecule has 0 saturated heterocycles. The van der Waals surface area contributed by atoms with Crippen LogP contribution in [0.15, 0.2) is 18.2 Å². The summed E-state index contributed by atoms with van der Waals surface area (Å²) in [6.45, 7) is 9.87. The molecule has 0 atom stereocenters. The molecule has 0 aliphatic heterocycles. The van der Waals surface area contributed by atoms with E-state index in [0.29, 0.717) is 10.7 Å². The van der Waals surface area contributed by atoms with Gasteiger partial charge in [0, 0.05) is 16.5 Å². The number of thiophene rings is 1. The molecule has 0 saturated carbocycles. The summed E-state index contributed by atoms with van der Waals surface area (Å²) in [6.07, 6.45) is 0. The molecule has 3 rings (SSSR count). The lowest BCUT2D eigenvalue weighted by atomic mass is 9.95. The van der Waals surface area contributed by atoms with Crippen LogP contribution in [-0.4, -0.2) is 42.0 Å². The maximum absolute atomic E-state index is 13.1. The van der Waals surface area contributed by atoms with Gasteiger partial charge in [0.05, 0.1) is 35.9 Å². The maximum atomic E-state index is 13.1. The summed E-state index contributed by atoms with van der Waals surface area (Å²) in [4.78, 5) is 47.7. The number of methoxy groups -OCH3 is 2. The van der Waals surface area contributed by atoms with Crippen molar-refractivity contribution in [2.75, 3.05) is 19.5 Å². The molecule has 2 heterocycles. The van der Waals surface area contributed by atoms with Crippen molar-refractivity contribution in [2.45, 2.75) is 40.0 Å². The standard InChI is InChI=1S/C23H25N3O5S/c1-11-16-12(2)24-22(23(3,4)5)26-19(16)32-17(11)18(27)25-15-9-13(20(28)30-6)8-14(10-15)21(29)31-7/h8-10H,1-7H3,(H,25,27). The molecule has 168 valence electrons. The summed E-state index contributed by atoms with van der Waals surface area (Å²) in [5.74, 6) is -0.931. The molecule has 2 aromatic heterocycles. The monoisotopic (exact) mass is 455 g/mol. The van der Waals surface area contributed by atoms with Gasteiger partial charge >= 0.3 is 11.9 Å². The van der Waals surface area contributed by atoms with Crippen LogP contribution in [0.3, 0.4) is 0 Å². The van der Waals surface area contributed by atoms with Crippen molar-refractivity contribution in [2.24, 2.45) is 0 Å². The van der Waals surface area contributed by atoms with Crippen molar-refractivity contribution >= 4 is 45.1 Å². The van der Waals surface area contributed by atoms with Gasteiger partial charge in [0.1, 0.15) is 10.7 Å².